The van der Waals surface area contributed by atoms with Crippen molar-refractivity contribution in [2.75, 3.05) is 11.9 Å². The third-order valence-corrected chi connectivity index (χ3v) is 3.52. The predicted octanol–water partition coefficient (Wildman–Crippen LogP) is 4.13. The zero-order valence-corrected chi connectivity index (χ0v) is 15.1. The summed E-state index contributed by atoms with van der Waals surface area (Å²) in [6.45, 7) is 0.713. The topological polar surface area (TPSA) is 76.7 Å². The van der Waals surface area contributed by atoms with Gasteiger partial charge in [-0.25, -0.2) is 22.8 Å². The quantitative estimate of drug-likeness (QED) is 0.406. The number of hydrogen-bond acceptors (Lipinski definition) is 4. The van der Waals surface area contributed by atoms with Gasteiger partial charge in [-0.3, -0.25) is 5.32 Å². The number of urea groups is 1. The highest BCUT2D eigenvalue weighted by Crippen LogP contribution is 2.34. The summed E-state index contributed by atoms with van der Waals surface area (Å²) in [6.07, 6.45) is -5.56. The van der Waals surface area contributed by atoms with Gasteiger partial charge in [0.25, 0.3) is 0 Å². The number of anilines is 1. The van der Waals surface area contributed by atoms with Crippen LogP contribution in [0.5, 0.6) is 5.75 Å². The molecule has 0 bridgehead atoms. The van der Waals surface area contributed by atoms with Crippen molar-refractivity contribution in [3.63, 3.8) is 0 Å². The molecule has 2 aromatic carbocycles. The summed E-state index contributed by atoms with van der Waals surface area (Å²) in [5.74, 6) is -5.73. The molecular weight excluding hydrogens is 422 g/mol. The molecule has 0 saturated carbocycles. The van der Waals surface area contributed by atoms with Gasteiger partial charge in [-0.1, -0.05) is 0 Å². The van der Waals surface area contributed by atoms with E-state index in [2.05, 4.69) is 4.74 Å². The van der Waals surface area contributed by atoms with Crippen LogP contribution in [-0.2, 0) is 9.53 Å². The van der Waals surface area contributed by atoms with Crippen molar-refractivity contribution >= 4 is 17.7 Å². The lowest BCUT2D eigenvalue weighted by Crippen LogP contribution is -2.69. The van der Waals surface area contributed by atoms with E-state index in [9.17, 15) is 35.9 Å². The SMILES string of the molecule is CCOC(=O)[C@](NC(=O)Nc1ccc(F)cc1F)(Oc1ccc(F)cc1)C(F)(F)F. The van der Waals surface area contributed by atoms with E-state index >= 15 is 0 Å². The largest absolute Gasteiger partial charge is 0.461 e. The smallest absolute Gasteiger partial charge is 0.460 e. The molecule has 0 saturated heterocycles. The third kappa shape index (κ3) is 5.13. The van der Waals surface area contributed by atoms with Crippen LogP contribution in [0.1, 0.15) is 6.92 Å². The number of benzene rings is 2. The van der Waals surface area contributed by atoms with Gasteiger partial charge in [0.05, 0.1) is 12.3 Å². The second-order valence-corrected chi connectivity index (χ2v) is 5.66. The number of amides is 2. The number of hydrogen-bond donors (Lipinski definition) is 2. The zero-order chi connectivity index (χ0) is 22.5. The molecule has 0 aromatic heterocycles. The number of ether oxygens (including phenoxy) is 2. The minimum absolute atomic E-state index is 0.382. The van der Waals surface area contributed by atoms with E-state index in [1.807, 2.05) is 0 Å². The van der Waals surface area contributed by atoms with Crippen molar-refractivity contribution in [2.45, 2.75) is 18.8 Å². The minimum atomic E-state index is -5.56. The summed E-state index contributed by atoms with van der Waals surface area (Å²) in [7, 11) is 0. The normalized spacial score (nSPS) is 13.2. The summed E-state index contributed by atoms with van der Waals surface area (Å²) in [4.78, 5) is 24.3. The van der Waals surface area contributed by atoms with Gasteiger partial charge in [0.2, 0.25) is 0 Å². The van der Waals surface area contributed by atoms with Crippen LogP contribution in [0.15, 0.2) is 42.5 Å². The standard InChI is InChI=1S/C18H14F6N2O4/c1-2-29-15(27)17(18(22,23)24,30-12-6-3-10(19)4-7-12)26-16(28)25-14-8-5-11(20)9-13(14)21/h3-9H,2H2,1H3,(H2,25,26,28)/t17-/m0/s1. The van der Waals surface area contributed by atoms with Crippen molar-refractivity contribution < 1.29 is 45.4 Å². The Bertz CT molecular complexity index is 920. The molecule has 2 N–H and O–H groups in total. The van der Waals surface area contributed by atoms with Crippen LogP contribution in [0.2, 0.25) is 0 Å². The number of carbonyl (C=O) groups excluding carboxylic acids is 2. The maximum absolute atomic E-state index is 13.9. The maximum atomic E-state index is 13.9. The van der Waals surface area contributed by atoms with Crippen LogP contribution in [0.4, 0.5) is 36.8 Å². The molecule has 162 valence electrons. The van der Waals surface area contributed by atoms with Crippen molar-refractivity contribution in [1.82, 2.24) is 5.32 Å². The molecule has 1 atom stereocenters. The molecule has 12 heteroatoms. The summed E-state index contributed by atoms with van der Waals surface area (Å²) >= 11 is 0. The number of carbonyl (C=O) groups is 2. The minimum Gasteiger partial charge on any atom is -0.461 e. The molecule has 0 unspecified atom stereocenters. The molecule has 30 heavy (non-hydrogen) atoms. The molecular formula is C18H14F6N2O4. The Kier molecular flexibility index (Phi) is 6.80. The third-order valence-electron chi connectivity index (χ3n) is 3.52. The number of nitrogens with one attached hydrogen (secondary N) is 2. The Hall–Kier alpha value is -3.44. The van der Waals surface area contributed by atoms with E-state index < -0.39 is 59.4 Å². The van der Waals surface area contributed by atoms with Crippen molar-refractivity contribution in [3.8, 4) is 5.75 Å². The van der Waals surface area contributed by atoms with Gasteiger partial charge < -0.3 is 14.8 Å². The Morgan fingerprint density at radius 1 is 0.967 bits per heavy atom. The number of alkyl halides is 3. The predicted molar refractivity (Wildman–Crippen MR) is 91.0 cm³/mol. The first kappa shape index (κ1) is 22.8. The molecule has 6 nitrogen and oxygen atoms in total. The van der Waals surface area contributed by atoms with Crippen LogP contribution in [0.3, 0.4) is 0 Å². The van der Waals surface area contributed by atoms with E-state index in [0.717, 1.165) is 36.4 Å². The van der Waals surface area contributed by atoms with Crippen molar-refractivity contribution in [1.29, 1.82) is 0 Å². The molecule has 2 rings (SSSR count). The van der Waals surface area contributed by atoms with Gasteiger partial charge in [-0.15, -0.1) is 0 Å². The van der Waals surface area contributed by atoms with E-state index in [1.165, 1.54) is 12.2 Å². The molecule has 0 fully saturated rings. The molecule has 0 aliphatic rings. The van der Waals surface area contributed by atoms with Gasteiger partial charge in [0.15, 0.2) is 0 Å². The highest BCUT2D eigenvalue weighted by atomic mass is 19.4. The maximum Gasteiger partial charge on any atom is 0.460 e. The lowest BCUT2D eigenvalue weighted by Gasteiger charge is -2.33. The van der Waals surface area contributed by atoms with E-state index in [1.54, 1.807) is 5.32 Å². The molecule has 2 aromatic rings. The number of halogens is 6. The Balaban J connectivity index is 2.41. The van der Waals surface area contributed by atoms with Crippen molar-refractivity contribution in [3.05, 3.63) is 59.9 Å². The second-order valence-electron chi connectivity index (χ2n) is 5.66. The first-order chi connectivity index (χ1) is 14.0. The zero-order valence-electron chi connectivity index (χ0n) is 15.1. The average Bonchev–Trinajstić information content (AvgIpc) is 2.64. The monoisotopic (exact) mass is 436 g/mol. The Labute approximate surface area is 165 Å². The fourth-order valence-corrected chi connectivity index (χ4v) is 2.18. The molecule has 0 radical (unpaired) electrons. The average molecular weight is 436 g/mol. The number of rotatable bonds is 6. The highest BCUT2D eigenvalue weighted by molar-refractivity contribution is 5.94. The van der Waals surface area contributed by atoms with Gasteiger partial charge >= 0.3 is 23.9 Å². The lowest BCUT2D eigenvalue weighted by atomic mass is 10.2. The summed E-state index contributed by atoms with van der Waals surface area (Å²) < 4.78 is 90.4. The van der Waals surface area contributed by atoms with Gasteiger partial charge in [0.1, 0.15) is 23.2 Å². The molecule has 0 heterocycles. The van der Waals surface area contributed by atoms with Crippen LogP contribution in [0.25, 0.3) is 0 Å². The van der Waals surface area contributed by atoms with E-state index in [4.69, 9.17) is 4.74 Å². The van der Waals surface area contributed by atoms with E-state index in [-0.39, 0.29) is 0 Å². The molecule has 0 aliphatic heterocycles. The summed E-state index contributed by atoms with van der Waals surface area (Å²) in [6, 6.07) is 3.26. The molecule has 0 aliphatic carbocycles. The lowest BCUT2D eigenvalue weighted by molar-refractivity contribution is -0.259. The Morgan fingerprint density at radius 3 is 2.10 bits per heavy atom. The van der Waals surface area contributed by atoms with Crippen molar-refractivity contribution in [2.24, 2.45) is 0 Å². The highest BCUT2D eigenvalue weighted by Gasteiger charge is 2.66. The molecule has 2 amide bonds. The first-order valence-corrected chi connectivity index (χ1v) is 8.21. The second kappa shape index (κ2) is 8.93. The van der Waals surface area contributed by atoms with Crippen LogP contribution in [0, 0.1) is 17.5 Å². The van der Waals surface area contributed by atoms with E-state index in [0.29, 0.717) is 6.07 Å². The number of esters is 1. The van der Waals surface area contributed by atoms with Crippen LogP contribution < -0.4 is 15.4 Å². The van der Waals surface area contributed by atoms with Gasteiger partial charge in [-0.05, 0) is 43.3 Å². The fraction of sp³-hybridized carbons (Fsp3) is 0.222. The van der Waals surface area contributed by atoms with Crippen LogP contribution in [-0.4, -0.2) is 30.5 Å². The summed E-state index contributed by atoms with van der Waals surface area (Å²) in [5, 5.41) is 3.00. The van der Waals surface area contributed by atoms with Gasteiger partial charge in [0, 0.05) is 6.07 Å². The fourth-order valence-electron chi connectivity index (χ4n) is 2.18. The Morgan fingerprint density at radius 2 is 1.57 bits per heavy atom. The molecule has 0 spiro atoms. The summed E-state index contributed by atoms with van der Waals surface area (Å²) in [5.41, 5.74) is -4.72. The van der Waals surface area contributed by atoms with Gasteiger partial charge in [-0.2, -0.15) is 13.2 Å². The first-order valence-electron chi connectivity index (χ1n) is 8.21. The van der Waals surface area contributed by atoms with Crippen LogP contribution >= 0.6 is 0 Å².